The number of phenolic OH excluding ortho intramolecular Hbond substituents is 1. The molecule has 104 valence electrons. The summed E-state index contributed by atoms with van der Waals surface area (Å²) in [4.78, 5) is 13.9. The Morgan fingerprint density at radius 1 is 1.47 bits per heavy atom. The first-order chi connectivity index (χ1) is 8.95. The van der Waals surface area contributed by atoms with Crippen molar-refractivity contribution in [3.8, 4) is 5.75 Å². The normalized spacial score (nSPS) is 11.6. The number of nitrogens with zero attached hydrogens (tertiary/aromatic N) is 2. The van der Waals surface area contributed by atoms with E-state index in [1.807, 2.05) is 13.8 Å². The van der Waals surface area contributed by atoms with Gasteiger partial charge in [-0.2, -0.15) is 0 Å². The predicted octanol–water partition coefficient (Wildman–Crippen LogP) is 1.38. The van der Waals surface area contributed by atoms with Crippen LogP contribution in [-0.2, 0) is 0 Å². The molecule has 1 rings (SSSR count). The Morgan fingerprint density at radius 2 is 2.16 bits per heavy atom. The summed E-state index contributed by atoms with van der Waals surface area (Å²) in [5.41, 5.74) is 5.82. The Bertz CT molecular complexity index is 472. The lowest BCUT2D eigenvalue weighted by atomic mass is 10.1. The van der Waals surface area contributed by atoms with E-state index in [2.05, 4.69) is 5.16 Å². The van der Waals surface area contributed by atoms with E-state index >= 15 is 0 Å². The van der Waals surface area contributed by atoms with E-state index in [1.54, 1.807) is 17.0 Å². The summed E-state index contributed by atoms with van der Waals surface area (Å²) in [6.07, 6.45) is 0.291. The summed E-state index contributed by atoms with van der Waals surface area (Å²) in [7, 11) is 0. The molecule has 0 fully saturated rings. The Labute approximate surface area is 112 Å². The van der Waals surface area contributed by atoms with Gasteiger partial charge in [-0.3, -0.25) is 4.79 Å². The summed E-state index contributed by atoms with van der Waals surface area (Å²) in [5.74, 6) is -0.0722. The number of phenols is 1. The lowest BCUT2D eigenvalue weighted by molar-refractivity contribution is 0.0710. The van der Waals surface area contributed by atoms with Gasteiger partial charge < -0.3 is 20.9 Å². The average Bonchev–Trinajstić information content (AvgIpc) is 2.38. The van der Waals surface area contributed by atoms with Crippen LogP contribution in [0, 0.1) is 0 Å². The third-order valence-electron chi connectivity index (χ3n) is 2.71. The molecule has 0 aliphatic rings. The second-order valence-electron chi connectivity index (χ2n) is 4.48. The number of nitrogens with two attached hydrogens (primary N) is 1. The largest absolute Gasteiger partial charge is 0.508 e. The summed E-state index contributed by atoms with van der Waals surface area (Å²) in [5, 5.41) is 20.8. The van der Waals surface area contributed by atoms with E-state index in [1.165, 1.54) is 12.1 Å². The fourth-order valence-corrected chi connectivity index (χ4v) is 1.68. The zero-order valence-electron chi connectivity index (χ0n) is 11.1. The highest BCUT2D eigenvalue weighted by molar-refractivity contribution is 5.95. The summed E-state index contributed by atoms with van der Waals surface area (Å²) in [6, 6.07) is 6.15. The molecular weight excluding hydrogens is 246 g/mol. The van der Waals surface area contributed by atoms with Crippen molar-refractivity contribution < 1.29 is 15.1 Å². The van der Waals surface area contributed by atoms with E-state index in [0.717, 1.165) is 0 Å². The number of benzene rings is 1. The first-order valence-electron chi connectivity index (χ1n) is 6.02. The van der Waals surface area contributed by atoms with Crippen molar-refractivity contribution in [2.24, 2.45) is 10.9 Å². The van der Waals surface area contributed by atoms with E-state index in [-0.39, 0.29) is 23.5 Å². The van der Waals surface area contributed by atoms with E-state index in [4.69, 9.17) is 10.9 Å². The molecule has 0 saturated heterocycles. The van der Waals surface area contributed by atoms with Gasteiger partial charge in [0, 0.05) is 24.6 Å². The Morgan fingerprint density at radius 3 is 2.68 bits per heavy atom. The number of hydrogen-bond acceptors (Lipinski definition) is 4. The van der Waals surface area contributed by atoms with Crippen LogP contribution in [0.25, 0.3) is 0 Å². The van der Waals surface area contributed by atoms with Gasteiger partial charge in [-0.05, 0) is 32.0 Å². The van der Waals surface area contributed by atoms with Crippen molar-refractivity contribution in [2.45, 2.75) is 26.3 Å². The highest BCUT2D eigenvalue weighted by atomic mass is 16.4. The third kappa shape index (κ3) is 4.17. The van der Waals surface area contributed by atoms with Crippen LogP contribution in [0.3, 0.4) is 0 Å². The molecule has 1 aromatic rings. The molecule has 0 unspecified atom stereocenters. The second-order valence-corrected chi connectivity index (χ2v) is 4.48. The highest BCUT2D eigenvalue weighted by Crippen LogP contribution is 2.14. The van der Waals surface area contributed by atoms with Gasteiger partial charge in [-0.25, -0.2) is 0 Å². The van der Waals surface area contributed by atoms with Gasteiger partial charge >= 0.3 is 0 Å². The standard InChI is InChI=1S/C13H19N3O3/c1-9(2)16(7-6-12(14)15-19)13(18)10-4-3-5-11(17)8-10/h3-5,8-9,17,19H,6-7H2,1-2H3,(H2,14,15). The minimum Gasteiger partial charge on any atom is -0.508 e. The molecule has 0 saturated carbocycles. The number of oxime groups is 1. The molecule has 0 aliphatic carbocycles. The van der Waals surface area contributed by atoms with E-state index in [9.17, 15) is 9.90 Å². The second kappa shape index (κ2) is 6.63. The van der Waals surface area contributed by atoms with Crippen LogP contribution < -0.4 is 5.73 Å². The lowest BCUT2D eigenvalue weighted by Gasteiger charge is -2.26. The van der Waals surface area contributed by atoms with Crippen LogP contribution in [-0.4, -0.2) is 39.5 Å². The molecule has 0 bridgehead atoms. The van der Waals surface area contributed by atoms with Crippen molar-refractivity contribution in [2.75, 3.05) is 6.54 Å². The Hall–Kier alpha value is -2.24. The number of rotatable bonds is 5. The molecule has 1 aromatic carbocycles. The first-order valence-corrected chi connectivity index (χ1v) is 6.02. The van der Waals surface area contributed by atoms with Gasteiger partial charge in [0.15, 0.2) is 0 Å². The van der Waals surface area contributed by atoms with Gasteiger partial charge in [0.2, 0.25) is 0 Å². The van der Waals surface area contributed by atoms with Gasteiger partial charge in [0.05, 0.1) is 0 Å². The van der Waals surface area contributed by atoms with Crippen molar-refractivity contribution in [1.82, 2.24) is 4.90 Å². The van der Waals surface area contributed by atoms with Gasteiger partial charge in [-0.1, -0.05) is 11.2 Å². The number of carbonyl (C=O) groups is 1. The fourth-order valence-electron chi connectivity index (χ4n) is 1.68. The van der Waals surface area contributed by atoms with Crippen molar-refractivity contribution in [3.05, 3.63) is 29.8 Å². The number of amidine groups is 1. The highest BCUT2D eigenvalue weighted by Gasteiger charge is 2.19. The van der Waals surface area contributed by atoms with Crippen LogP contribution in [0.5, 0.6) is 5.75 Å². The van der Waals surface area contributed by atoms with Crippen molar-refractivity contribution >= 4 is 11.7 Å². The van der Waals surface area contributed by atoms with Crippen LogP contribution in [0.2, 0.25) is 0 Å². The third-order valence-corrected chi connectivity index (χ3v) is 2.71. The van der Waals surface area contributed by atoms with Gasteiger partial charge in [0.1, 0.15) is 11.6 Å². The average molecular weight is 265 g/mol. The van der Waals surface area contributed by atoms with Gasteiger partial charge in [0.25, 0.3) is 5.91 Å². The minimum atomic E-state index is -0.198. The maximum Gasteiger partial charge on any atom is 0.254 e. The monoisotopic (exact) mass is 265 g/mol. The summed E-state index contributed by atoms with van der Waals surface area (Å²) < 4.78 is 0. The van der Waals surface area contributed by atoms with Gasteiger partial charge in [-0.15, -0.1) is 0 Å². The molecule has 0 aromatic heterocycles. The van der Waals surface area contributed by atoms with Crippen molar-refractivity contribution in [3.63, 3.8) is 0 Å². The Kier molecular flexibility index (Phi) is 5.17. The zero-order valence-corrected chi connectivity index (χ0v) is 11.1. The van der Waals surface area contributed by atoms with E-state index < -0.39 is 0 Å². The number of aromatic hydroxyl groups is 1. The predicted molar refractivity (Wildman–Crippen MR) is 72.3 cm³/mol. The molecule has 4 N–H and O–H groups in total. The van der Waals surface area contributed by atoms with E-state index in [0.29, 0.717) is 18.5 Å². The number of amides is 1. The van der Waals surface area contributed by atoms with Crippen molar-refractivity contribution in [1.29, 1.82) is 0 Å². The quantitative estimate of drug-likeness (QED) is 0.324. The zero-order chi connectivity index (χ0) is 14.4. The molecular formula is C13H19N3O3. The van der Waals surface area contributed by atoms with Crippen LogP contribution in [0.1, 0.15) is 30.6 Å². The molecule has 19 heavy (non-hydrogen) atoms. The summed E-state index contributed by atoms with van der Waals surface area (Å²) in [6.45, 7) is 4.11. The van der Waals surface area contributed by atoms with Crippen LogP contribution in [0.15, 0.2) is 29.4 Å². The maximum absolute atomic E-state index is 12.3. The van der Waals surface area contributed by atoms with Crippen LogP contribution >= 0.6 is 0 Å². The lowest BCUT2D eigenvalue weighted by Crippen LogP contribution is -2.39. The molecule has 0 radical (unpaired) electrons. The van der Waals surface area contributed by atoms with Crippen LogP contribution in [0.4, 0.5) is 0 Å². The number of carbonyl (C=O) groups excluding carboxylic acids is 1. The minimum absolute atomic E-state index is 0.0265. The SMILES string of the molecule is CC(C)N(CC/C(N)=N/O)C(=O)c1cccc(O)c1. The number of hydrogen-bond donors (Lipinski definition) is 3. The molecule has 0 atom stereocenters. The molecule has 0 aliphatic heterocycles. The molecule has 6 nitrogen and oxygen atoms in total. The molecule has 1 amide bonds. The topological polar surface area (TPSA) is 99.1 Å². The Balaban J connectivity index is 2.84. The molecule has 6 heteroatoms. The smallest absolute Gasteiger partial charge is 0.254 e. The molecule has 0 heterocycles. The fraction of sp³-hybridized carbons (Fsp3) is 0.385. The molecule has 0 spiro atoms. The maximum atomic E-state index is 12.3. The summed E-state index contributed by atoms with van der Waals surface area (Å²) >= 11 is 0. The first kappa shape index (κ1) is 14.8.